The quantitative estimate of drug-likeness (QED) is 0.688. The van der Waals surface area contributed by atoms with Crippen LogP contribution in [0.25, 0.3) is 10.4 Å². The van der Waals surface area contributed by atoms with E-state index in [9.17, 15) is 9.18 Å². The average molecular weight is 206 g/mol. The molecule has 0 unspecified atom stereocenters. The van der Waals surface area contributed by atoms with Crippen LogP contribution in [0, 0.1) is 5.82 Å². The van der Waals surface area contributed by atoms with E-state index in [1.807, 2.05) is 11.4 Å². The Balaban J connectivity index is 2.67. The number of carbonyl (C=O) groups is 1. The van der Waals surface area contributed by atoms with Crippen molar-refractivity contribution in [3.05, 3.63) is 47.1 Å². The second-order valence-electron chi connectivity index (χ2n) is 2.80. The van der Waals surface area contributed by atoms with E-state index in [0.29, 0.717) is 17.4 Å². The third kappa shape index (κ3) is 1.46. The van der Waals surface area contributed by atoms with Crippen molar-refractivity contribution >= 4 is 17.6 Å². The fourth-order valence-electron chi connectivity index (χ4n) is 1.32. The summed E-state index contributed by atoms with van der Waals surface area (Å²) in [5.41, 5.74) is 0.796. The minimum Gasteiger partial charge on any atom is -0.298 e. The zero-order chi connectivity index (χ0) is 9.97. The Hall–Kier alpha value is -1.48. The van der Waals surface area contributed by atoms with Crippen LogP contribution in [0.3, 0.4) is 0 Å². The van der Waals surface area contributed by atoms with Gasteiger partial charge in [0.1, 0.15) is 5.82 Å². The van der Waals surface area contributed by atoms with E-state index >= 15 is 0 Å². The minimum atomic E-state index is -0.350. The lowest BCUT2D eigenvalue weighted by Crippen LogP contribution is -1.89. The van der Waals surface area contributed by atoms with Crippen LogP contribution in [0.4, 0.5) is 4.39 Å². The lowest BCUT2D eigenvalue weighted by atomic mass is 10.1. The van der Waals surface area contributed by atoms with Crippen molar-refractivity contribution in [2.75, 3.05) is 0 Å². The molecule has 0 atom stereocenters. The molecule has 0 saturated carbocycles. The highest BCUT2D eigenvalue weighted by Crippen LogP contribution is 2.29. The van der Waals surface area contributed by atoms with E-state index in [2.05, 4.69) is 0 Å². The number of halogens is 1. The number of rotatable bonds is 2. The summed E-state index contributed by atoms with van der Waals surface area (Å²) in [6, 6.07) is 8.15. The summed E-state index contributed by atoms with van der Waals surface area (Å²) < 4.78 is 13.4. The van der Waals surface area contributed by atoms with E-state index in [1.54, 1.807) is 12.1 Å². The Morgan fingerprint density at radius 3 is 2.71 bits per heavy atom. The molecule has 14 heavy (non-hydrogen) atoms. The molecule has 70 valence electrons. The highest BCUT2D eigenvalue weighted by molar-refractivity contribution is 7.13. The lowest BCUT2D eigenvalue weighted by molar-refractivity contribution is 0.112. The SMILES string of the molecule is O=Cc1cccc(F)c1-c1cccs1. The van der Waals surface area contributed by atoms with Gasteiger partial charge in [-0.3, -0.25) is 4.79 Å². The molecule has 0 aliphatic heterocycles. The molecule has 1 nitrogen and oxygen atoms in total. The molecule has 0 spiro atoms. The van der Waals surface area contributed by atoms with Gasteiger partial charge in [0.05, 0.1) is 0 Å². The Morgan fingerprint density at radius 2 is 2.07 bits per heavy atom. The van der Waals surface area contributed by atoms with Crippen LogP contribution in [-0.4, -0.2) is 6.29 Å². The van der Waals surface area contributed by atoms with Gasteiger partial charge < -0.3 is 0 Å². The monoisotopic (exact) mass is 206 g/mol. The van der Waals surface area contributed by atoms with Crippen molar-refractivity contribution in [3.8, 4) is 10.4 Å². The van der Waals surface area contributed by atoms with Crippen LogP contribution in [0.2, 0.25) is 0 Å². The van der Waals surface area contributed by atoms with E-state index in [-0.39, 0.29) is 5.82 Å². The van der Waals surface area contributed by atoms with Gasteiger partial charge in [0, 0.05) is 16.0 Å². The summed E-state index contributed by atoms with van der Waals surface area (Å²) in [4.78, 5) is 11.5. The van der Waals surface area contributed by atoms with Gasteiger partial charge in [0.2, 0.25) is 0 Å². The molecule has 2 aromatic rings. The van der Waals surface area contributed by atoms with Gasteiger partial charge in [-0.2, -0.15) is 0 Å². The van der Waals surface area contributed by atoms with Crippen molar-refractivity contribution in [3.63, 3.8) is 0 Å². The molecule has 0 bridgehead atoms. The normalized spacial score (nSPS) is 10.1. The molecule has 0 amide bonds. The first kappa shape index (κ1) is 9.09. The molecular weight excluding hydrogens is 199 g/mol. The number of hydrogen-bond donors (Lipinski definition) is 0. The number of thiophene rings is 1. The van der Waals surface area contributed by atoms with Gasteiger partial charge in [-0.05, 0) is 17.5 Å². The fourth-order valence-corrected chi connectivity index (χ4v) is 2.11. The molecule has 0 aliphatic carbocycles. The van der Waals surface area contributed by atoms with E-state index in [4.69, 9.17) is 0 Å². The predicted octanol–water partition coefficient (Wildman–Crippen LogP) is 3.37. The third-order valence-corrected chi connectivity index (χ3v) is 2.83. The first-order valence-corrected chi connectivity index (χ1v) is 4.98. The van der Waals surface area contributed by atoms with Crippen molar-refractivity contribution < 1.29 is 9.18 Å². The van der Waals surface area contributed by atoms with Gasteiger partial charge in [-0.1, -0.05) is 18.2 Å². The Labute approximate surface area is 84.8 Å². The maximum absolute atomic E-state index is 13.4. The smallest absolute Gasteiger partial charge is 0.150 e. The van der Waals surface area contributed by atoms with E-state index in [1.165, 1.54) is 23.5 Å². The molecule has 1 aromatic carbocycles. The van der Waals surface area contributed by atoms with Gasteiger partial charge in [0.15, 0.2) is 6.29 Å². The number of carbonyl (C=O) groups excluding carboxylic acids is 1. The fraction of sp³-hybridized carbons (Fsp3) is 0. The number of benzene rings is 1. The standard InChI is InChI=1S/C11H7FOS/c12-9-4-1-3-8(7-13)11(9)10-5-2-6-14-10/h1-7H. The molecule has 0 radical (unpaired) electrons. The van der Waals surface area contributed by atoms with Crippen molar-refractivity contribution in [2.45, 2.75) is 0 Å². The van der Waals surface area contributed by atoms with Crippen LogP contribution in [0.1, 0.15) is 10.4 Å². The maximum Gasteiger partial charge on any atom is 0.150 e. The number of hydrogen-bond acceptors (Lipinski definition) is 2. The Morgan fingerprint density at radius 1 is 1.21 bits per heavy atom. The molecular formula is C11H7FOS. The molecule has 1 aromatic heterocycles. The molecule has 3 heteroatoms. The predicted molar refractivity (Wildman–Crippen MR) is 55.1 cm³/mol. The Kier molecular flexibility index (Phi) is 2.41. The van der Waals surface area contributed by atoms with E-state index < -0.39 is 0 Å². The largest absolute Gasteiger partial charge is 0.298 e. The van der Waals surface area contributed by atoms with Gasteiger partial charge in [0.25, 0.3) is 0 Å². The molecule has 2 rings (SSSR count). The topological polar surface area (TPSA) is 17.1 Å². The van der Waals surface area contributed by atoms with Crippen LogP contribution in [0.15, 0.2) is 35.7 Å². The summed E-state index contributed by atoms with van der Waals surface area (Å²) >= 11 is 1.42. The van der Waals surface area contributed by atoms with E-state index in [0.717, 1.165) is 4.88 Å². The Bertz CT molecular complexity index is 448. The summed E-state index contributed by atoms with van der Waals surface area (Å²) in [5, 5.41) is 1.86. The summed E-state index contributed by atoms with van der Waals surface area (Å²) in [5.74, 6) is -0.350. The van der Waals surface area contributed by atoms with Gasteiger partial charge >= 0.3 is 0 Å². The third-order valence-electron chi connectivity index (χ3n) is 1.94. The van der Waals surface area contributed by atoms with Crippen molar-refractivity contribution in [1.29, 1.82) is 0 Å². The molecule has 0 saturated heterocycles. The van der Waals surface area contributed by atoms with Crippen molar-refractivity contribution in [1.82, 2.24) is 0 Å². The lowest BCUT2D eigenvalue weighted by Gasteiger charge is -2.02. The average Bonchev–Trinajstić information content (AvgIpc) is 2.70. The molecule has 0 N–H and O–H groups in total. The van der Waals surface area contributed by atoms with Crippen LogP contribution in [-0.2, 0) is 0 Å². The second-order valence-corrected chi connectivity index (χ2v) is 3.75. The zero-order valence-electron chi connectivity index (χ0n) is 7.24. The summed E-state index contributed by atoms with van der Waals surface area (Å²) in [6.45, 7) is 0. The zero-order valence-corrected chi connectivity index (χ0v) is 8.05. The second kappa shape index (κ2) is 3.72. The van der Waals surface area contributed by atoms with Crippen LogP contribution >= 0.6 is 11.3 Å². The molecule has 0 fully saturated rings. The highest BCUT2D eigenvalue weighted by Gasteiger charge is 2.10. The highest BCUT2D eigenvalue weighted by atomic mass is 32.1. The van der Waals surface area contributed by atoms with Crippen LogP contribution in [0.5, 0.6) is 0 Å². The first-order valence-electron chi connectivity index (χ1n) is 4.10. The summed E-state index contributed by atoms with van der Waals surface area (Å²) in [6.07, 6.45) is 0.679. The van der Waals surface area contributed by atoms with Gasteiger partial charge in [-0.25, -0.2) is 4.39 Å². The maximum atomic E-state index is 13.4. The van der Waals surface area contributed by atoms with Crippen molar-refractivity contribution in [2.24, 2.45) is 0 Å². The van der Waals surface area contributed by atoms with Gasteiger partial charge in [-0.15, -0.1) is 11.3 Å². The number of aldehydes is 1. The molecule has 0 aliphatic rings. The minimum absolute atomic E-state index is 0.350. The van der Waals surface area contributed by atoms with Crippen LogP contribution < -0.4 is 0 Å². The summed E-state index contributed by atoms with van der Waals surface area (Å²) in [7, 11) is 0. The molecule has 1 heterocycles. The first-order chi connectivity index (χ1) is 6.83.